The van der Waals surface area contributed by atoms with Crippen molar-refractivity contribution in [2.75, 3.05) is 0 Å². The summed E-state index contributed by atoms with van der Waals surface area (Å²) in [6.07, 6.45) is 7.67. The highest BCUT2D eigenvalue weighted by atomic mass is 16.4. The fourth-order valence-electron chi connectivity index (χ4n) is 4.00. The quantitative estimate of drug-likeness (QED) is 0.598. The molecule has 2 N–H and O–H groups in total. The molecule has 1 aromatic heterocycles. The average molecular weight is 407 g/mol. The Labute approximate surface area is 172 Å². The van der Waals surface area contributed by atoms with Crippen molar-refractivity contribution in [2.45, 2.75) is 38.1 Å². The third kappa shape index (κ3) is 3.63. The van der Waals surface area contributed by atoms with Crippen LogP contribution >= 0.6 is 0 Å². The first-order chi connectivity index (χ1) is 14.5. The maximum atomic E-state index is 13.0. The number of carboxylic acid groups (broad SMARTS) is 1. The molecule has 0 atom stereocenters. The maximum Gasteiger partial charge on any atom is 0.335 e. The van der Waals surface area contributed by atoms with Gasteiger partial charge in [0.1, 0.15) is 5.57 Å². The minimum atomic E-state index is -1.02. The third-order valence-corrected chi connectivity index (χ3v) is 5.54. The summed E-state index contributed by atoms with van der Waals surface area (Å²) in [5, 5.41) is 11.3. The fourth-order valence-corrected chi connectivity index (χ4v) is 4.00. The van der Waals surface area contributed by atoms with Gasteiger partial charge in [-0.2, -0.15) is 0 Å². The molecule has 4 amide bonds. The van der Waals surface area contributed by atoms with Crippen molar-refractivity contribution in [3.8, 4) is 5.69 Å². The van der Waals surface area contributed by atoms with Crippen molar-refractivity contribution in [1.82, 2.24) is 14.8 Å². The molecule has 0 spiro atoms. The van der Waals surface area contributed by atoms with Gasteiger partial charge < -0.3 is 9.67 Å². The van der Waals surface area contributed by atoms with Crippen LogP contribution in [0.15, 0.2) is 48.2 Å². The summed E-state index contributed by atoms with van der Waals surface area (Å²) in [7, 11) is 0. The van der Waals surface area contributed by atoms with E-state index in [4.69, 9.17) is 5.11 Å². The Balaban J connectivity index is 1.66. The Morgan fingerprint density at radius 3 is 2.40 bits per heavy atom. The molecule has 1 aliphatic heterocycles. The van der Waals surface area contributed by atoms with E-state index in [0.717, 1.165) is 32.1 Å². The van der Waals surface area contributed by atoms with Gasteiger partial charge in [-0.05, 0) is 55.3 Å². The van der Waals surface area contributed by atoms with Crippen LogP contribution in [0.1, 0.15) is 48.2 Å². The third-order valence-electron chi connectivity index (χ3n) is 5.54. The molecule has 4 rings (SSSR count). The van der Waals surface area contributed by atoms with Gasteiger partial charge in [0.05, 0.1) is 5.56 Å². The number of benzene rings is 1. The lowest BCUT2D eigenvalue weighted by Gasteiger charge is -2.35. The van der Waals surface area contributed by atoms with Crippen LogP contribution in [-0.2, 0) is 9.59 Å². The van der Waals surface area contributed by atoms with Crippen LogP contribution in [0.5, 0.6) is 0 Å². The molecule has 2 fully saturated rings. The number of urea groups is 1. The summed E-state index contributed by atoms with van der Waals surface area (Å²) in [6.45, 7) is 0. The number of amides is 4. The van der Waals surface area contributed by atoms with Crippen molar-refractivity contribution < 1.29 is 24.3 Å². The van der Waals surface area contributed by atoms with E-state index in [1.807, 2.05) is 0 Å². The van der Waals surface area contributed by atoms with Gasteiger partial charge in [0.25, 0.3) is 11.8 Å². The highest BCUT2D eigenvalue weighted by Gasteiger charge is 2.40. The van der Waals surface area contributed by atoms with Crippen LogP contribution in [0.4, 0.5) is 4.79 Å². The summed E-state index contributed by atoms with van der Waals surface area (Å²) in [5.41, 5.74) is 1.31. The lowest BCUT2D eigenvalue weighted by Crippen LogP contribution is -2.58. The largest absolute Gasteiger partial charge is 0.478 e. The zero-order valence-corrected chi connectivity index (χ0v) is 16.2. The number of aromatic nitrogens is 1. The van der Waals surface area contributed by atoms with E-state index >= 15 is 0 Å². The number of carbonyl (C=O) groups is 4. The van der Waals surface area contributed by atoms with E-state index in [-0.39, 0.29) is 17.2 Å². The maximum absolute atomic E-state index is 13.0. The summed E-state index contributed by atoms with van der Waals surface area (Å²) < 4.78 is 1.74. The van der Waals surface area contributed by atoms with E-state index < -0.39 is 23.8 Å². The smallest absolute Gasteiger partial charge is 0.335 e. The standard InChI is InChI=1S/C22H21N3O5/c26-19-18(20(27)25(22(30)23-19)16-5-2-1-3-6-16)13-17-7-4-12-24(17)15-10-8-14(9-11-15)21(28)29/h4,7-13,16H,1-3,5-6H2,(H,28,29)(H,23,26,30)/b18-13+. The fraction of sp³-hybridized carbons (Fsp3) is 0.273. The molecule has 154 valence electrons. The predicted octanol–water partition coefficient (Wildman–Crippen LogP) is 2.97. The number of carbonyl (C=O) groups excluding carboxylic acids is 3. The van der Waals surface area contributed by atoms with E-state index in [9.17, 15) is 19.2 Å². The van der Waals surface area contributed by atoms with Gasteiger partial charge in [-0.25, -0.2) is 9.59 Å². The van der Waals surface area contributed by atoms with Crippen LogP contribution in [0.3, 0.4) is 0 Å². The molecule has 1 aromatic carbocycles. The van der Waals surface area contributed by atoms with E-state index in [1.54, 1.807) is 35.0 Å². The number of nitrogens with one attached hydrogen (secondary N) is 1. The number of imide groups is 2. The van der Waals surface area contributed by atoms with Crippen molar-refractivity contribution >= 4 is 29.9 Å². The number of aromatic carboxylic acids is 1. The van der Waals surface area contributed by atoms with Gasteiger partial charge in [0, 0.05) is 23.6 Å². The van der Waals surface area contributed by atoms with E-state index in [1.165, 1.54) is 23.1 Å². The zero-order valence-electron chi connectivity index (χ0n) is 16.2. The van der Waals surface area contributed by atoms with E-state index in [2.05, 4.69) is 5.32 Å². The van der Waals surface area contributed by atoms with Gasteiger partial charge in [-0.1, -0.05) is 19.3 Å². The molecular weight excluding hydrogens is 386 g/mol. The van der Waals surface area contributed by atoms with Crippen molar-refractivity contribution in [3.63, 3.8) is 0 Å². The monoisotopic (exact) mass is 407 g/mol. The molecule has 2 heterocycles. The van der Waals surface area contributed by atoms with Gasteiger partial charge >= 0.3 is 12.0 Å². The van der Waals surface area contributed by atoms with Crippen LogP contribution < -0.4 is 5.32 Å². The van der Waals surface area contributed by atoms with Crippen LogP contribution in [0, 0.1) is 0 Å². The van der Waals surface area contributed by atoms with Crippen molar-refractivity contribution in [1.29, 1.82) is 0 Å². The lowest BCUT2D eigenvalue weighted by atomic mass is 9.93. The molecule has 0 radical (unpaired) electrons. The number of hydrogen-bond acceptors (Lipinski definition) is 4. The van der Waals surface area contributed by atoms with Crippen LogP contribution in [0.2, 0.25) is 0 Å². The first kappa shape index (κ1) is 19.6. The topological polar surface area (TPSA) is 109 Å². The molecule has 30 heavy (non-hydrogen) atoms. The number of hydrogen-bond donors (Lipinski definition) is 2. The number of carboxylic acids is 1. The minimum absolute atomic E-state index is 0.0951. The normalized spacial score (nSPS) is 19.3. The Hall–Kier alpha value is -3.68. The molecule has 1 aliphatic carbocycles. The molecule has 1 saturated heterocycles. The summed E-state index contributed by atoms with van der Waals surface area (Å²) in [6, 6.07) is 8.89. The SMILES string of the molecule is O=C1NC(=O)N(C2CCCCC2)C(=O)/C1=C/c1cccn1-c1ccc(C(=O)O)cc1. The second kappa shape index (κ2) is 7.98. The van der Waals surface area contributed by atoms with Crippen molar-refractivity contribution in [3.05, 3.63) is 59.4 Å². The Morgan fingerprint density at radius 2 is 1.73 bits per heavy atom. The van der Waals surface area contributed by atoms with Gasteiger partial charge in [-0.3, -0.25) is 19.8 Å². The van der Waals surface area contributed by atoms with Gasteiger partial charge in [0.15, 0.2) is 0 Å². The molecule has 0 bridgehead atoms. The number of rotatable bonds is 4. The van der Waals surface area contributed by atoms with Crippen LogP contribution in [-0.4, -0.2) is 44.4 Å². The minimum Gasteiger partial charge on any atom is -0.478 e. The summed E-state index contributed by atoms with van der Waals surface area (Å²) >= 11 is 0. The Bertz CT molecular complexity index is 1040. The summed E-state index contributed by atoms with van der Waals surface area (Å²) in [5.74, 6) is -2.32. The molecule has 1 saturated carbocycles. The summed E-state index contributed by atoms with van der Waals surface area (Å²) in [4.78, 5) is 50.0. The molecule has 2 aliphatic rings. The first-order valence-electron chi connectivity index (χ1n) is 9.87. The van der Waals surface area contributed by atoms with Gasteiger partial charge in [0.2, 0.25) is 0 Å². The average Bonchev–Trinajstić information content (AvgIpc) is 3.20. The lowest BCUT2D eigenvalue weighted by molar-refractivity contribution is -0.132. The second-order valence-electron chi connectivity index (χ2n) is 7.44. The number of barbiturate groups is 1. The molecule has 8 heteroatoms. The molecular formula is C22H21N3O5. The first-order valence-corrected chi connectivity index (χ1v) is 9.87. The number of nitrogens with zero attached hydrogens (tertiary/aromatic N) is 2. The van der Waals surface area contributed by atoms with E-state index in [0.29, 0.717) is 11.4 Å². The van der Waals surface area contributed by atoms with Gasteiger partial charge in [-0.15, -0.1) is 0 Å². The Morgan fingerprint density at radius 1 is 1.03 bits per heavy atom. The highest BCUT2D eigenvalue weighted by Crippen LogP contribution is 2.26. The van der Waals surface area contributed by atoms with Crippen molar-refractivity contribution in [2.24, 2.45) is 0 Å². The Kier molecular flexibility index (Phi) is 5.22. The molecule has 0 unspecified atom stereocenters. The van der Waals surface area contributed by atoms with Crippen LogP contribution in [0.25, 0.3) is 11.8 Å². The molecule has 8 nitrogen and oxygen atoms in total. The zero-order chi connectivity index (χ0) is 21.3. The molecule has 2 aromatic rings. The second-order valence-corrected chi connectivity index (χ2v) is 7.44. The predicted molar refractivity (Wildman–Crippen MR) is 108 cm³/mol. The highest BCUT2D eigenvalue weighted by molar-refractivity contribution is 6.31.